The molecule has 1 amide bonds. The summed E-state index contributed by atoms with van der Waals surface area (Å²) in [5, 5.41) is 4.12. The lowest BCUT2D eigenvalue weighted by molar-refractivity contribution is -0.137. The summed E-state index contributed by atoms with van der Waals surface area (Å²) >= 11 is 0. The van der Waals surface area contributed by atoms with Gasteiger partial charge in [0.05, 0.1) is 0 Å². The molecule has 0 bridgehead atoms. The summed E-state index contributed by atoms with van der Waals surface area (Å²) in [5.41, 5.74) is 0.933. The Hall–Kier alpha value is -2.17. The summed E-state index contributed by atoms with van der Waals surface area (Å²) in [7, 11) is 0. The molecule has 3 rings (SSSR count). The van der Waals surface area contributed by atoms with E-state index in [1.807, 2.05) is 35.2 Å². The number of rotatable bonds is 7. The Balaban J connectivity index is 1.75. The van der Waals surface area contributed by atoms with Crippen molar-refractivity contribution in [2.24, 2.45) is 5.92 Å². The molecule has 2 atom stereocenters. The van der Waals surface area contributed by atoms with Crippen LogP contribution in [0.3, 0.4) is 0 Å². The number of carbonyl (C=O) groups excluding carboxylic acids is 1. The first-order valence-electron chi connectivity index (χ1n) is 9.44. The maximum absolute atomic E-state index is 13.0. The minimum Gasteiger partial charge on any atom is -0.337 e. The highest BCUT2D eigenvalue weighted by Crippen LogP contribution is 2.34. The molecular formula is C20H27N3O2. The van der Waals surface area contributed by atoms with Crippen LogP contribution in [0.2, 0.25) is 0 Å². The van der Waals surface area contributed by atoms with Crippen molar-refractivity contribution >= 4 is 5.91 Å². The summed E-state index contributed by atoms with van der Waals surface area (Å²) < 4.78 is 5.52. The fourth-order valence-corrected chi connectivity index (χ4v) is 3.55. The molecule has 0 radical (unpaired) electrons. The van der Waals surface area contributed by atoms with Gasteiger partial charge in [-0.05, 0) is 25.7 Å². The highest BCUT2D eigenvalue weighted by molar-refractivity contribution is 5.79. The van der Waals surface area contributed by atoms with Gasteiger partial charge in [0.25, 0.3) is 0 Å². The summed E-state index contributed by atoms with van der Waals surface area (Å²) in [5.74, 6) is 1.51. The molecule has 1 aromatic carbocycles. The predicted octanol–water partition coefficient (Wildman–Crippen LogP) is 4.62. The minimum absolute atomic E-state index is 0.0758. The van der Waals surface area contributed by atoms with Gasteiger partial charge in [-0.25, -0.2) is 0 Å². The van der Waals surface area contributed by atoms with E-state index in [4.69, 9.17) is 4.52 Å². The highest BCUT2D eigenvalue weighted by atomic mass is 16.5. The molecule has 0 unspecified atom stereocenters. The van der Waals surface area contributed by atoms with Gasteiger partial charge in [-0.3, -0.25) is 4.79 Å². The van der Waals surface area contributed by atoms with E-state index in [9.17, 15) is 4.79 Å². The second-order valence-electron chi connectivity index (χ2n) is 6.76. The summed E-state index contributed by atoms with van der Waals surface area (Å²) in [6.07, 6.45) is 5.96. The van der Waals surface area contributed by atoms with Gasteiger partial charge in [-0.2, -0.15) is 4.98 Å². The van der Waals surface area contributed by atoms with E-state index in [1.54, 1.807) is 0 Å². The monoisotopic (exact) mass is 341 g/mol. The Bertz CT molecular complexity index is 683. The number of carbonyl (C=O) groups is 1. The molecule has 134 valence electrons. The van der Waals surface area contributed by atoms with Crippen molar-refractivity contribution < 1.29 is 9.32 Å². The van der Waals surface area contributed by atoms with E-state index in [-0.39, 0.29) is 17.9 Å². The van der Waals surface area contributed by atoms with Crippen molar-refractivity contribution in [3.8, 4) is 11.4 Å². The van der Waals surface area contributed by atoms with Gasteiger partial charge in [0.15, 0.2) is 0 Å². The van der Waals surface area contributed by atoms with E-state index in [1.165, 1.54) is 0 Å². The van der Waals surface area contributed by atoms with E-state index in [0.29, 0.717) is 11.7 Å². The first-order chi connectivity index (χ1) is 12.2. The van der Waals surface area contributed by atoms with Crippen LogP contribution in [0, 0.1) is 5.92 Å². The summed E-state index contributed by atoms with van der Waals surface area (Å²) in [6.45, 7) is 5.05. The SMILES string of the molecule is CCCC[C@@H](CC)C(=O)N1CCC[C@H]1c1nc(-c2ccccc2)no1. The molecule has 2 heterocycles. The van der Waals surface area contributed by atoms with Crippen LogP contribution < -0.4 is 0 Å². The zero-order valence-electron chi connectivity index (χ0n) is 15.1. The van der Waals surface area contributed by atoms with Gasteiger partial charge in [-0.1, -0.05) is 62.2 Å². The standard InChI is InChI=1S/C20H27N3O2/c1-3-5-10-15(4-2)20(24)23-14-9-13-17(23)19-21-18(22-25-19)16-11-7-6-8-12-16/h6-8,11-12,15,17H,3-5,9-10,13-14H2,1-2H3/t15-,17+/m1/s1. The number of unbranched alkanes of at least 4 members (excludes halogenated alkanes) is 1. The van der Waals surface area contributed by atoms with Crippen LogP contribution in [0.5, 0.6) is 0 Å². The molecule has 5 heteroatoms. The molecule has 1 aliphatic heterocycles. The molecule has 0 spiro atoms. The Kier molecular flexibility index (Phi) is 5.84. The Morgan fingerprint density at radius 1 is 1.32 bits per heavy atom. The highest BCUT2D eigenvalue weighted by Gasteiger charge is 2.36. The van der Waals surface area contributed by atoms with E-state index < -0.39 is 0 Å². The zero-order chi connectivity index (χ0) is 17.6. The van der Waals surface area contributed by atoms with Crippen molar-refractivity contribution in [2.75, 3.05) is 6.54 Å². The molecule has 0 saturated carbocycles. The van der Waals surface area contributed by atoms with E-state index in [0.717, 1.165) is 50.6 Å². The number of amides is 1. The maximum atomic E-state index is 13.0. The number of nitrogens with zero attached hydrogens (tertiary/aromatic N) is 3. The second-order valence-corrected chi connectivity index (χ2v) is 6.76. The molecule has 0 aliphatic carbocycles. The first-order valence-corrected chi connectivity index (χ1v) is 9.44. The zero-order valence-corrected chi connectivity index (χ0v) is 15.1. The van der Waals surface area contributed by atoms with Crippen LogP contribution in [0.25, 0.3) is 11.4 Å². The third kappa shape index (κ3) is 3.91. The lowest BCUT2D eigenvalue weighted by atomic mass is 9.97. The largest absolute Gasteiger partial charge is 0.337 e. The maximum Gasteiger partial charge on any atom is 0.249 e. The van der Waals surface area contributed by atoms with E-state index >= 15 is 0 Å². The van der Waals surface area contributed by atoms with Gasteiger partial charge in [-0.15, -0.1) is 0 Å². The lowest BCUT2D eigenvalue weighted by Crippen LogP contribution is -2.35. The van der Waals surface area contributed by atoms with Gasteiger partial charge in [0, 0.05) is 18.0 Å². The van der Waals surface area contributed by atoms with Crippen molar-refractivity contribution in [3.05, 3.63) is 36.2 Å². The van der Waals surface area contributed by atoms with Crippen molar-refractivity contribution in [3.63, 3.8) is 0 Å². The van der Waals surface area contributed by atoms with Crippen LogP contribution in [0.4, 0.5) is 0 Å². The predicted molar refractivity (Wildman–Crippen MR) is 96.7 cm³/mol. The van der Waals surface area contributed by atoms with Crippen molar-refractivity contribution in [1.82, 2.24) is 15.0 Å². The third-order valence-electron chi connectivity index (χ3n) is 5.04. The lowest BCUT2D eigenvalue weighted by Gasteiger charge is -2.26. The molecule has 1 saturated heterocycles. The smallest absolute Gasteiger partial charge is 0.249 e. The van der Waals surface area contributed by atoms with Gasteiger partial charge >= 0.3 is 0 Å². The summed E-state index contributed by atoms with van der Waals surface area (Å²) in [4.78, 5) is 19.5. The molecule has 1 fully saturated rings. The second kappa shape index (κ2) is 8.28. The summed E-state index contributed by atoms with van der Waals surface area (Å²) in [6, 6.07) is 9.72. The van der Waals surface area contributed by atoms with Gasteiger partial charge in [0.2, 0.25) is 17.6 Å². The molecule has 1 aliphatic rings. The van der Waals surface area contributed by atoms with Crippen LogP contribution >= 0.6 is 0 Å². The number of likely N-dealkylation sites (tertiary alicyclic amines) is 1. The van der Waals surface area contributed by atoms with Crippen LogP contribution in [-0.2, 0) is 4.79 Å². The molecule has 1 aromatic heterocycles. The fourth-order valence-electron chi connectivity index (χ4n) is 3.55. The Morgan fingerprint density at radius 3 is 2.84 bits per heavy atom. The van der Waals surface area contributed by atoms with Crippen LogP contribution in [0.15, 0.2) is 34.9 Å². The Morgan fingerprint density at radius 2 is 2.12 bits per heavy atom. The first kappa shape index (κ1) is 17.6. The van der Waals surface area contributed by atoms with Crippen molar-refractivity contribution in [1.29, 1.82) is 0 Å². The molecule has 25 heavy (non-hydrogen) atoms. The van der Waals surface area contributed by atoms with Crippen LogP contribution in [-0.4, -0.2) is 27.5 Å². The number of benzene rings is 1. The van der Waals surface area contributed by atoms with E-state index in [2.05, 4.69) is 24.0 Å². The normalized spacial score (nSPS) is 18.5. The van der Waals surface area contributed by atoms with Crippen LogP contribution in [0.1, 0.15) is 64.3 Å². The molecule has 5 nitrogen and oxygen atoms in total. The number of hydrogen-bond donors (Lipinski definition) is 0. The molecular weight excluding hydrogens is 314 g/mol. The number of aromatic nitrogens is 2. The number of hydrogen-bond acceptors (Lipinski definition) is 4. The molecule has 2 aromatic rings. The fraction of sp³-hybridized carbons (Fsp3) is 0.550. The van der Waals surface area contributed by atoms with Crippen molar-refractivity contribution in [2.45, 2.75) is 58.4 Å². The third-order valence-corrected chi connectivity index (χ3v) is 5.04. The minimum atomic E-state index is -0.0758. The average molecular weight is 341 g/mol. The molecule has 0 N–H and O–H groups in total. The average Bonchev–Trinajstić information content (AvgIpc) is 3.32. The van der Waals surface area contributed by atoms with Gasteiger partial charge < -0.3 is 9.42 Å². The topological polar surface area (TPSA) is 59.2 Å². The Labute approximate surface area is 149 Å². The van der Waals surface area contributed by atoms with Gasteiger partial charge in [0.1, 0.15) is 6.04 Å². The quantitative estimate of drug-likeness (QED) is 0.737.